The summed E-state index contributed by atoms with van der Waals surface area (Å²) >= 11 is 1.78. The minimum Gasteiger partial charge on any atom is -0.328 e. The molecule has 0 amide bonds. The first-order valence-corrected chi connectivity index (χ1v) is 10.4. The van der Waals surface area contributed by atoms with Crippen molar-refractivity contribution in [1.29, 1.82) is 0 Å². The van der Waals surface area contributed by atoms with Crippen LogP contribution in [0.3, 0.4) is 0 Å². The number of aryl methyl sites for hydroxylation is 3. The van der Waals surface area contributed by atoms with E-state index in [0.717, 1.165) is 12.2 Å². The quantitative estimate of drug-likeness (QED) is 0.487. The Morgan fingerprint density at radius 3 is 2.54 bits per heavy atom. The first kappa shape index (κ1) is 20.5. The molecule has 0 fully saturated rings. The fraction of sp³-hybridized carbons (Fsp3) is 0.476. The molecule has 3 aromatic rings. The summed E-state index contributed by atoms with van der Waals surface area (Å²) in [5, 5.41) is 0. The predicted molar refractivity (Wildman–Crippen MR) is 115 cm³/mol. The predicted octanol–water partition coefficient (Wildman–Crippen LogP) is 3.22. The molecule has 2 aromatic heterocycles. The van der Waals surface area contributed by atoms with Gasteiger partial charge in [0.05, 0.1) is 6.33 Å². The minimum absolute atomic E-state index is 0.112. The number of imidazole rings is 1. The number of fused-ring (bicyclic) bond motifs is 1. The smallest absolute Gasteiger partial charge is 0.328 e. The van der Waals surface area contributed by atoms with Crippen LogP contribution in [0.15, 0.2) is 39.0 Å². The van der Waals surface area contributed by atoms with Crippen molar-refractivity contribution in [2.75, 3.05) is 5.75 Å². The van der Waals surface area contributed by atoms with E-state index >= 15 is 0 Å². The number of benzene rings is 1. The Morgan fingerprint density at radius 1 is 1.14 bits per heavy atom. The first-order valence-electron chi connectivity index (χ1n) is 9.46. The van der Waals surface area contributed by atoms with Crippen LogP contribution in [0.4, 0.5) is 0 Å². The highest BCUT2D eigenvalue weighted by molar-refractivity contribution is 7.99. The average Bonchev–Trinajstić information content (AvgIpc) is 3.01. The van der Waals surface area contributed by atoms with Crippen LogP contribution in [0.1, 0.15) is 38.3 Å². The van der Waals surface area contributed by atoms with Crippen LogP contribution >= 0.6 is 11.8 Å². The highest BCUT2D eigenvalue weighted by Gasteiger charge is 2.16. The van der Waals surface area contributed by atoms with Gasteiger partial charge in [-0.3, -0.25) is 13.9 Å². The highest BCUT2D eigenvalue weighted by atomic mass is 32.2. The van der Waals surface area contributed by atoms with Crippen molar-refractivity contribution >= 4 is 22.9 Å². The van der Waals surface area contributed by atoms with Gasteiger partial charge in [-0.15, -0.1) is 11.8 Å². The maximum atomic E-state index is 12.7. The van der Waals surface area contributed by atoms with Crippen molar-refractivity contribution in [3.05, 3.63) is 56.5 Å². The SMILES string of the molecule is Cc1ccc(C(C)(C)C)cc1SCCCn1c(=O)c2c(ncn2C)n(C)c1=O. The second kappa shape index (κ2) is 7.62. The summed E-state index contributed by atoms with van der Waals surface area (Å²) in [6.07, 6.45) is 2.30. The van der Waals surface area contributed by atoms with Gasteiger partial charge in [0, 0.05) is 25.5 Å². The molecule has 7 heteroatoms. The maximum absolute atomic E-state index is 12.7. The van der Waals surface area contributed by atoms with Crippen LogP contribution in [0.2, 0.25) is 0 Å². The van der Waals surface area contributed by atoms with E-state index in [9.17, 15) is 9.59 Å². The summed E-state index contributed by atoms with van der Waals surface area (Å²) in [7, 11) is 3.43. The zero-order valence-electron chi connectivity index (χ0n) is 17.4. The lowest BCUT2D eigenvalue weighted by Gasteiger charge is -2.20. The van der Waals surface area contributed by atoms with Crippen molar-refractivity contribution in [2.45, 2.75) is 51.0 Å². The molecule has 0 aliphatic heterocycles. The Kier molecular flexibility index (Phi) is 5.57. The second-order valence-electron chi connectivity index (χ2n) is 8.26. The summed E-state index contributed by atoms with van der Waals surface area (Å²) in [4.78, 5) is 30.7. The maximum Gasteiger partial charge on any atom is 0.332 e. The van der Waals surface area contributed by atoms with Crippen molar-refractivity contribution in [1.82, 2.24) is 18.7 Å². The van der Waals surface area contributed by atoms with E-state index in [1.807, 2.05) is 0 Å². The van der Waals surface area contributed by atoms with Crippen LogP contribution in [0.25, 0.3) is 11.2 Å². The molecule has 0 bridgehead atoms. The first-order chi connectivity index (χ1) is 13.1. The van der Waals surface area contributed by atoms with Crippen LogP contribution < -0.4 is 11.2 Å². The molecule has 1 aromatic carbocycles. The molecule has 0 radical (unpaired) electrons. The Labute approximate surface area is 169 Å². The number of thioether (sulfide) groups is 1. The van der Waals surface area contributed by atoms with Gasteiger partial charge in [0.1, 0.15) is 0 Å². The van der Waals surface area contributed by atoms with Gasteiger partial charge in [-0.25, -0.2) is 9.78 Å². The molecule has 0 aliphatic carbocycles. The zero-order chi connectivity index (χ0) is 20.6. The summed E-state index contributed by atoms with van der Waals surface area (Å²) < 4.78 is 4.44. The molecule has 2 heterocycles. The fourth-order valence-electron chi connectivity index (χ4n) is 3.22. The molecule has 28 heavy (non-hydrogen) atoms. The van der Waals surface area contributed by atoms with E-state index in [1.165, 1.54) is 25.2 Å². The van der Waals surface area contributed by atoms with Gasteiger partial charge in [0.2, 0.25) is 0 Å². The lowest BCUT2D eigenvalue weighted by Crippen LogP contribution is -2.39. The molecule has 0 unspecified atom stereocenters. The lowest BCUT2D eigenvalue weighted by atomic mass is 9.87. The molecule has 3 rings (SSSR count). The summed E-state index contributed by atoms with van der Waals surface area (Å²) in [6.45, 7) is 9.15. The third kappa shape index (κ3) is 3.81. The van der Waals surface area contributed by atoms with Crippen LogP contribution in [-0.2, 0) is 26.1 Å². The monoisotopic (exact) mass is 400 g/mol. The van der Waals surface area contributed by atoms with Crippen LogP contribution in [0.5, 0.6) is 0 Å². The molecule has 0 N–H and O–H groups in total. The van der Waals surface area contributed by atoms with Crippen molar-refractivity contribution < 1.29 is 0 Å². The third-order valence-electron chi connectivity index (χ3n) is 5.04. The molecule has 6 nitrogen and oxygen atoms in total. The average molecular weight is 401 g/mol. The molecular formula is C21H28N4O2S. The van der Waals surface area contributed by atoms with Gasteiger partial charge >= 0.3 is 5.69 Å². The zero-order valence-corrected chi connectivity index (χ0v) is 18.3. The van der Waals surface area contributed by atoms with Gasteiger partial charge in [0.25, 0.3) is 5.56 Å². The highest BCUT2D eigenvalue weighted by Crippen LogP contribution is 2.30. The van der Waals surface area contributed by atoms with E-state index in [0.29, 0.717) is 17.7 Å². The van der Waals surface area contributed by atoms with Gasteiger partial charge in [-0.2, -0.15) is 0 Å². The molecule has 0 spiro atoms. The lowest BCUT2D eigenvalue weighted by molar-refractivity contribution is 0.588. The number of hydrogen-bond acceptors (Lipinski definition) is 4. The van der Waals surface area contributed by atoms with E-state index in [2.05, 4.69) is 50.9 Å². The number of hydrogen-bond donors (Lipinski definition) is 0. The molecular weight excluding hydrogens is 372 g/mol. The summed E-state index contributed by atoms with van der Waals surface area (Å²) in [6, 6.07) is 6.61. The van der Waals surface area contributed by atoms with Crippen molar-refractivity contribution in [2.24, 2.45) is 14.1 Å². The standard InChI is InChI=1S/C21H28N4O2S/c1-14-8-9-15(21(2,3)4)12-16(14)28-11-7-10-25-19(26)17-18(22-13-23(17)5)24(6)20(25)27/h8-9,12-13H,7,10-11H2,1-6H3. The van der Waals surface area contributed by atoms with Gasteiger partial charge < -0.3 is 4.57 Å². The number of aromatic nitrogens is 4. The van der Waals surface area contributed by atoms with Crippen molar-refractivity contribution in [3.63, 3.8) is 0 Å². The van der Waals surface area contributed by atoms with E-state index in [1.54, 1.807) is 36.8 Å². The van der Waals surface area contributed by atoms with E-state index in [-0.39, 0.29) is 16.7 Å². The molecule has 0 saturated carbocycles. The second-order valence-corrected chi connectivity index (χ2v) is 9.40. The Hall–Kier alpha value is -2.28. The molecule has 150 valence electrons. The van der Waals surface area contributed by atoms with E-state index in [4.69, 9.17) is 0 Å². The fourth-order valence-corrected chi connectivity index (χ4v) is 4.22. The Morgan fingerprint density at radius 2 is 1.86 bits per heavy atom. The van der Waals surface area contributed by atoms with E-state index < -0.39 is 0 Å². The normalized spacial score (nSPS) is 12.1. The van der Waals surface area contributed by atoms with Crippen LogP contribution in [-0.4, -0.2) is 24.4 Å². The number of nitrogens with zero attached hydrogens (tertiary/aromatic N) is 4. The van der Waals surface area contributed by atoms with Crippen LogP contribution in [0, 0.1) is 6.92 Å². The van der Waals surface area contributed by atoms with Gasteiger partial charge in [0.15, 0.2) is 11.2 Å². The topological polar surface area (TPSA) is 61.8 Å². The largest absolute Gasteiger partial charge is 0.332 e. The summed E-state index contributed by atoms with van der Waals surface area (Å²) in [5.41, 5.74) is 2.98. The third-order valence-corrected chi connectivity index (χ3v) is 6.28. The number of rotatable bonds is 5. The Bertz CT molecular complexity index is 1130. The van der Waals surface area contributed by atoms with Gasteiger partial charge in [-0.05, 0) is 41.7 Å². The minimum atomic E-state index is -0.313. The molecule has 0 atom stereocenters. The molecule has 0 saturated heterocycles. The summed E-state index contributed by atoms with van der Waals surface area (Å²) in [5.74, 6) is 0.841. The van der Waals surface area contributed by atoms with Gasteiger partial charge in [-0.1, -0.05) is 32.9 Å². The Balaban J connectivity index is 1.76. The van der Waals surface area contributed by atoms with Crippen molar-refractivity contribution in [3.8, 4) is 0 Å². The molecule has 0 aliphatic rings.